The summed E-state index contributed by atoms with van der Waals surface area (Å²) in [5, 5.41) is 24.4. The average molecular weight is 417 g/mol. The van der Waals surface area contributed by atoms with Crippen LogP contribution in [0.5, 0.6) is 0 Å². The van der Waals surface area contributed by atoms with E-state index in [-0.39, 0.29) is 0 Å². The van der Waals surface area contributed by atoms with Crippen LogP contribution in [-0.2, 0) is 6.42 Å². The minimum Gasteiger partial charge on any atom is -0.367 e. The first kappa shape index (κ1) is 19.8. The number of hydrogen-bond donors (Lipinski definition) is 3. The molecule has 0 amide bonds. The van der Waals surface area contributed by atoms with Gasteiger partial charge in [-0.1, -0.05) is 6.92 Å². The third kappa shape index (κ3) is 4.06. The van der Waals surface area contributed by atoms with E-state index in [4.69, 9.17) is 10.2 Å². The number of anilines is 3. The summed E-state index contributed by atoms with van der Waals surface area (Å²) >= 11 is 0. The fraction of sp³-hybridized carbons (Fsp3) is 0.478. The SMILES string of the molecule is CCc1cc(Nc2cc3ncccc3c(N[C@@H]3C[C@H]4CC[C@@H](C3)N4CCC#N)n2)n[nH]1. The number of hydrogen-bond acceptors (Lipinski definition) is 7. The van der Waals surface area contributed by atoms with Crippen molar-refractivity contribution in [2.45, 2.75) is 63.6 Å². The number of aryl methyl sites for hydroxylation is 1. The molecule has 8 nitrogen and oxygen atoms in total. The van der Waals surface area contributed by atoms with Crippen molar-refractivity contribution in [3.8, 4) is 6.07 Å². The van der Waals surface area contributed by atoms with Crippen LogP contribution in [0.1, 0.15) is 44.7 Å². The van der Waals surface area contributed by atoms with E-state index in [1.54, 1.807) is 0 Å². The number of H-pyrrole nitrogens is 1. The van der Waals surface area contributed by atoms with Crippen molar-refractivity contribution < 1.29 is 0 Å². The van der Waals surface area contributed by atoms with Gasteiger partial charge in [-0.2, -0.15) is 10.4 Å². The molecule has 8 heteroatoms. The normalized spacial score (nSPS) is 23.0. The van der Waals surface area contributed by atoms with Crippen molar-refractivity contribution in [3.63, 3.8) is 0 Å². The molecule has 2 saturated heterocycles. The fourth-order valence-electron chi connectivity index (χ4n) is 5.12. The Morgan fingerprint density at radius 2 is 2.06 bits per heavy atom. The van der Waals surface area contributed by atoms with Gasteiger partial charge >= 0.3 is 0 Å². The lowest BCUT2D eigenvalue weighted by molar-refractivity contribution is 0.136. The fourth-order valence-corrected chi connectivity index (χ4v) is 5.12. The number of rotatable bonds is 7. The van der Waals surface area contributed by atoms with Gasteiger partial charge in [0.2, 0.25) is 0 Å². The van der Waals surface area contributed by atoms with Crippen molar-refractivity contribution in [2.75, 3.05) is 17.2 Å². The summed E-state index contributed by atoms with van der Waals surface area (Å²) in [6.07, 6.45) is 7.96. The monoisotopic (exact) mass is 416 g/mol. The van der Waals surface area contributed by atoms with Gasteiger partial charge in [0.15, 0.2) is 5.82 Å². The number of piperidine rings is 1. The molecular formula is C23H28N8. The maximum atomic E-state index is 8.97. The Morgan fingerprint density at radius 1 is 1.23 bits per heavy atom. The second kappa shape index (κ2) is 8.52. The molecule has 3 aromatic heterocycles. The van der Waals surface area contributed by atoms with Gasteiger partial charge in [0.25, 0.3) is 0 Å². The molecule has 160 valence electrons. The highest BCUT2D eigenvalue weighted by molar-refractivity contribution is 5.91. The first-order chi connectivity index (χ1) is 15.2. The summed E-state index contributed by atoms with van der Waals surface area (Å²) in [6, 6.07) is 11.8. The number of aromatic nitrogens is 4. The maximum absolute atomic E-state index is 8.97. The number of nitrogens with zero attached hydrogens (tertiary/aromatic N) is 5. The highest BCUT2D eigenvalue weighted by Gasteiger charge is 2.40. The van der Waals surface area contributed by atoms with Crippen LogP contribution in [0.15, 0.2) is 30.5 Å². The number of aromatic amines is 1. The van der Waals surface area contributed by atoms with Gasteiger partial charge in [0.1, 0.15) is 11.6 Å². The second-order valence-electron chi connectivity index (χ2n) is 8.53. The minimum absolute atomic E-state index is 0.374. The number of nitriles is 1. The third-order valence-electron chi connectivity index (χ3n) is 6.57. The molecule has 2 bridgehead atoms. The third-order valence-corrected chi connectivity index (χ3v) is 6.57. The molecule has 0 saturated carbocycles. The Morgan fingerprint density at radius 3 is 2.81 bits per heavy atom. The van der Waals surface area contributed by atoms with Crippen molar-refractivity contribution in [1.82, 2.24) is 25.1 Å². The molecule has 0 radical (unpaired) electrons. The van der Waals surface area contributed by atoms with Crippen LogP contribution in [-0.4, -0.2) is 49.7 Å². The van der Waals surface area contributed by atoms with Crippen LogP contribution in [0.25, 0.3) is 10.9 Å². The molecule has 0 aromatic carbocycles. The van der Waals surface area contributed by atoms with Gasteiger partial charge in [-0.3, -0.25) is 15.0 Å². The standard InChI is InChI=1S/C23H28N8/c1-2-15-13-22(30-29-15)27-21-14-20-19(5-3-9-25-20)23(28-21)26-16-11-17-6-7-18(12-16)31(17)10-4-8-24/h3,5,9,13-14,16-18H,2,4,6-7,10-12H2,1H3,(H3,26,27,28,29,30)/t16-,17-,18+. The topological polar surface area (TPSA) is 106 Å². The lowest BCUT2D eigenvalue weighted by atomic mass is 9.97. The van der Waals surface area contributed by atoms with Gasteiger partial charge in [0.05, 0.1) is 11.6 Å². The highest BCUT2D eigenvalue weighted by atomic mass is 15.2. The van der Waals surface area contributed by atoms with Gasteiger partial charge in [0, 0.05) is 60.5 Å². The summed E-state index contributed by atoms with van der Waals surface area (Å²) in [7, 11) is 0. The first-order valence-corrected chi connectivity index (χ1v) is 11.2. The zero-order valence-corrected chi connectivity index (χ0v) is 17.8. The van der Waals surface area contributed by atoms with E-state index in [9.17, 15) is 0 Å². The van der Waals surface area contributed by atoms with Gasteiger partial charge in [-0.15, -0.1) is 0 Å². The van der Waals surface area contributed by atoms with Crippen LogP contribution < -0.4 is 10.6 Å². The number of fused-ring (bicyclic) bond motifs is 3. The van der Waals surface area contributed by atoms with Gasteiger partial charge in [-0.05, 0) is 44.2 Å². The predicted octanol–water partition coefficient (Wildman–Crippen LogP) is 3.98. The predicted molar refractivity (Wildman–Crippen MR) is 121 cm³/mol. The molecule has 2 fully saturated rings. The Hall–Kier alpha value is -3.18. The van der Waals surface area contributed by atoms with E-state index in [2.05, 4.69) is 49.8 Å². The van der Waals surface area contributed by atoms with Crippen LogP contribution in [0.3, 0.4) is 0 Å². The lowest BCUT2D eigenvalue weighted by Crippen LogP contribution is -2.47. The number of nitrogens with one attached hydrogen (secondary N) is 3. The molecule has 3 N–H and O–H groups in total. The summed E-state index contributed by atoms with van der Waals surface area (Å²) in [5.41, 5.74) is 1.99. The van der Waals surface area contributed by atoms with Crippen LogP contribution >= 0.6 is 0 Å². The molecular weight excluding hydrogens is 388 g/mol. The Bertz CT molecular complexity index is 1090. The Kier molecular flexibility index (Phi) is 5.43. The van der Waals surface area contributed by atoms with E-state index in [1.807, 2.05) is 24.4 Å². The summed E-state index contributed by atoms with van der Waals surface area (Å²) < 4.78 is 0. The molecule has 2 aliphatic heterocycles. The van der Waals surface area contributed by atoms with Crippen LogP contribution in [0.4, 0.5) is 17.5 Å². The molecule has 2 aliphatic rings. The first-order valence-electron chi connectivity index (χ1n) is 11.2. The molecule has 0 unspecified atom stereocenters. The molecule has 5 heterocycles. The average Bonchev–Trinajstić information content (AvgIpc) is 3.33. The molecule has 5 rings (SSSR count). The molecule has 3 atom stereocenters. The van der Waals surface area contributed by atoms with Crippen molar-refractivity contribution >= 4 is 28.4 Å². The van der Waals surface area contributed by atoms with E-state index < -0.39 is 0 Å². The molecule has 0 aliphatic carbocycles. The zero-order valence-electron chi connectivity index (χ0n) is 17.8. The van der Waals surface area contributed by atoms with Gasteiger partial charge in [-0.25, -0.2) is 4.98 Å². The minimum atomic E-state index is 0.374. The van der Waals surface area contributed by atoms with Crippen molar-refractivity contribution in [1.29, 1.82) is 5.26 Å². The van der Waals surface area contributed by atoms with Crippen molar-refractivity contribution in [2.24, 2.45) is 0 Å². The molecule has 31 heavy (non-hydrogen) atoms. The summed E-state index contributed by atoms with van der Waals surface area (Å²) in [4.78, 5) is 12.0. The summed E-state index contributed by atoms with van der Waals surface area (Å²) in [6.45, 7) is 2.99. The number of pyridine rings is 2. The summed E-state index contributed by atoms with van der Waals surface area (Å²) in [5.74, 6) is 2.36. The molecule has 0 spiro atoms. The maximum Gasteiger partial charge on any atom is 0.153 e. The smallest absolute Gasteiger partial charge is 0.153 e. The van der Waals surface area contributed by atoms with Gasteiger partial charge < -0.3 is 10.6 Å². The largest absolute Gasteiger partial charge is 0.367 e. The van der Waals surface area contributed by atoms with Crippen LogP contribution in [0, 0.1) is 11.3 Å². The lowest BCUT2D eigenvalue weighted by Gasteiger charge is -2.39. The van der Waals surface area contributed by atoms with E-state index in [0.717, 1.165) is 59.9 Å². The van der Waals surface area contributed by atoms with Crippen LogP contribution in [0.2, 0.25) is 0 Å². The zero-order chi connectivity index (χ0) is 21.2. The quantitative estimate of drug-likeness (QED) is 0.535. The van der Waals surface area contributed by atoms with E-state index >= 15 is 0 Å². The van der Waals surface area contributed by atoms with E-state index in [0.29, 0.717) is 24.5 Å². The second-order valence-corrected chi connectivity index (χ2v) is 8.53. The van der Waals surface area contributed by atoms with Crippen molar-refractivity contribution in [3.05, 3.63) is 36.2 Å². The Labute approximate surface area is 182 Å². The Balaban J connectivity index is 1.37. The highest BCUT2D eigenvalue weighted by Crippen LogP contribution is 2.37. The molecule has 3 aromatic rings. The van der Waals surface area contributed by atoms with E-state index in [1.165, 1.54) is 12.8 Å².